The van der Waals surface area contributed by atoms with Crippen LogP contribution in [-0.4, -0.2) is 39.9 Å². The highest BCUT2D eigenvalue weighted by Crippen LogP contribution is 2.32. The van der Waals surface area contributed by atoms with E-state index < -0.39 is 23.8 Å². The average molecular weight is 429 g/mol. The van der Waals surface area contributed by atoms with Gasteiger partial charge in [-0.25, -0.2) is 9.18 Å². The Morgan fingerprint density at radius 2 is 1.94 bits per heavy atom. The molecule has 0 bridgehead atoms. The number of halogens is 1. The molecule has 0 aliphatic heterocycles. The number of rotatable bonds is 5. The number of nitrogens with zero attached hydrogens (tertiary/aromatic N) is 1. The quantitative estimate of drug-likeness (QED) is 0.388. The standard InChI is InChI=1S/C24H30FN3O3/c1-5-28(14-15-6-10-18(25)11-7-15)22(26)17-9-8-16-13-20(29)21(19(16)12-17)27-23(30)31-24(2,3)4/h6-12,20-21,26,29H,5,13-14H2,1-4H3,(H,27,30)/p+1/t20-,21?/m1/s1. The van der Waals surface area contributed by atoms with E-state index in [1.165, 1.54) is 12.1 Å². The number of nitrogens with one attached hydrogen (secondary N) is 1. The summed E-state index contributed by atoms with van der Waals surface area (Å²) in [6.07, 6.45) is -0.859. The predicted molar refractivity (Wildman–Crippen MR) is 117 cm³/mol. The van der Waals surface area contributed by atoms with Crippen LogP contribution in [0.25, 0.3) is 0 Å². The number of aliphatic hydroxyl groups excluding tert-OH is 1. The second kappa shape index (κ2) is 9.06. The molecule has 7 heteroatoms. The highest BCUT2D eigenvalue weighted by molar-refractivity contribution is 5.94. The highest BCUT2D eigenvalue weighted by Gasteiger charge is 2.34. The number of benzene rings is 2. The number of carbonyl (C=O) groups is 1. The summed E-state index contributed by atoms with van der Waals surface area (Å²) in [5, 5.41) is 13.3. The largest absolute Gasteiger partial charge is 0.444 e. The van der Waals surface area contributed by atoms with Crippen LogP contribution in [0.5, 0.6) is 0 Å². The Morgan fingerprint density at radius 3 is 2.55 bits per heavy atom. The van der Waals surface area contributed by atoms with E-state index in [4.69, 9.17) is 10.5 Å². The minimum atomic E-state index is -0.736. The molecule has 1 aliphatic carbocycles. The van der Waals surface area contributed by atoms with Crippen molar-refractivity contribution in [2.45, 2.75) is 58.4 Å². The first-order valence-corrected chi connectivity index (χ1v) is 10.5. The Bertz CT molecular complexity index is 981. The Balaban J connectivity index is 1.86. The molecule has 3 rings (SSSR count). The summed E-state index contributed by atoms with van der Waals surface area (Å²) in [5.41, 5.74) is 9.40. The fourth-order valence-corrected chi connectivity index (χ4v) is 3.75. The summed E-state index contributed by atoms with van der Waals surface area (Å²) in [6, 6.07) is 11.6. The molecule has 1 aliphatic rings. The van der Waals surface area contributed by atoms with Crippen LogP contribution in [0, 0.1) is 5.82 Å². The van der Waals surface area contributed by atoms with Gasteiger partial charge in [-0.3, -0.25) is 10.3 Å². The molecule has 0 aromatic heterocycles. The average Bonchev–Trinajstić information content (AvgIpc) is 3.00. The summed E-state index contributed by atoms with van der Waals surface area (Å²) in [6.45, 7) is 8.59. The van der Waals surface area contributed by atoms with Crippen LogP contribution in [0.1, 0.15) is 56.0 Å². The molecular weight excluding hydrogens is 397 g/mol. The molecule has 0 radical (unpaired) electrons. The highest BCUT2D eigenvalue weighted by atomic mass is 19.1. The number of carbonyl (C=O) groups excluding carboxylic acids is 1. The zero-order valence-electron chi connectivity index (χ0n) is 18.5. The predicted octanol–water partition coefficient (Wildman–Crippen LogP) is 3.25. The lowest BCUT2D eigenvalue weighted by molar-refractivity contribution is -0.540. The maximum atomic E-state index is 13.2. The Morgan fingerprint density at radius 1 is 1.26 bits per heavy atom. The van der Waals surface area contributed by atoms with Gasteiger partial charge in [-0.15, -0.1) is 0 Å². The first-order chi connectivity index (χ1) is 14.6. The fourth-order valence-electron chi connectivity index (χ4n) is 3.75. The number of fused-ring (bicyclic) bond motifs is 1. The van der Waals surface area contributed by atoms with Gasteiger partial charge in [-0.05, 0) is 68.7 Å². The van der Waals surface area contributed by atoms with Gasteiger partial charge in [0.05, 0.1) is 24.3 Å². The topological polar surface area (TPSA) is 87.6 Å². The van der Waals surface area contributed by atoms with Gasteiger partial charge in [0.1, 0.15) is 18.0 Å². The van der Waals surface area contributed by atoms with Gasteiger partial charge in [0.2, 0.25) is 0 Å². The van der Waals surface area contributed by atoms with Gasteiger partial charge in [-0.1, -0.05) is 18.2 Å². The van der Waals surface area contributed by atoms with Gasteiger partial charge in [0.25, 0.3) is 5.84 Å². The van der Waals surface area contributed by atoms with Gasteiger partial charge >= 0.3 is 6.09 Å². The van der Waals surface area contributed by atoms with Crippen LogP contribution in [0.3, 0.4) is 0 Å². The lowest BCUT2D eigenvalue weighted by Crippen LogP contribution is -2.38. The van der Waals surface area contributed by atoms with E-state index in [0.717, 1.165) is 22.3 Å². The normalized spacial score (nSPS) is 18.9. The molecule has 31 heavy (non-hydrogen) atoms. The monoisotopic (exact) mass is 428 g/mol. The minimum Gasteiger partial charge on any atom is -0.444 e. The van der Waals surface area contributed by atoms with Gasteiger partial charge < -0.3 is 15.2 Å². The summed E-state index contributed by atoms with van der Waals surface area (Å²) in [5.74, 6) is 0.302. The van der Waals surface area contributed by atoms with Crippen molar-refractivity contribution in [3.63, 3.8) is 0 Å². The second-order valence-electron chi connectivity index (χ2n) is 8.83. The summed E-state index contributed by atoms with van der Waals surface area (Å²) < 4.78 is 20.5. The number of hydrogen-bond donors (Lipinski definition) is 3. The molecular formula is C24H31FN3O3+. The Kier molecular flexibility index (Phi) is 6.65. The number of amidine groups is 1. The van der Waals surface area contributed by atoms with Crippen molar-refractivity contribution in [2.75, 3.05) is 6.54 Å². The van der Waals surface area contributed by atoms with Crippen LogP contribution >= 0.6 is 0 Å². The molecule has 1 unspecified atom stereocenters. The van der Waals surface area contributed by atoms with Crippen LogP contribution < -0.4 is 11.1 Å². The zero-order chi connectivity index (χ0) is 22.8. The van der Waals surface area contributed by atoms with Gasteiger partial charge in [-0.2, -0.15) is 0 Å². The van der Waals surface area contributed by atoms with Crippen LogP contribution in [0.4, 0.5) is 9.18 Å². The molecule has 0 heterocycles. The molecule has 0 fully saturated rings. The maximum absolute atomic E-state index is 13.2. The molecule has 0 spiro atoms. The SMILES string of the molecule is CC[N+](Cc1ccc(F)cc1)=C(N)c1ccc2c(c1)C(NC(=O)OC(C)(C)C)[C@H](O)C2. The van der Waals surface area contributed by atoms with Crippen molar-refractivity contribution in [1.29, 1.82) is 0 Å². The van der Waals surface area contributed by atoms with Crippen molar-refractivity contribution in [3.8, 4) is 0 Å². The fraction of sp³-hybridized carbons (Fsp3) is 0.417. The van der Waals surface area contributed by atoms with Crippen molar-refractivity contribution >= 4 is 11.9 Å². The molecule has 2 aromatic rings. The van der Waals surface area contributed by atoms with E-state index in [1.807, 2.05) is 29.7 Å². The van der Waals surface area contributed by atoms with E-state index in [2.05, 4.69) is 5.32 Å². The maximum Gasteiger partial charge on any atom is 0.408 e. The molecule has 6 nitrogen and oxygen atoms in total. The lowest BCUT2D eigenvalue weighted by atomic mass is 10.0. The molecule has 2 atom stereocenters. The smallest absolute Gasteiger partial charge is 0.408 e. The van der Waals surface area contributed by atoms with Gasteiger partial charge in [0, 0.05) is 6.42 Å². The molecule has 4 N–H and O–H groups in total. The number of nitrogens with two attached hydrogens (primary N) is 1. The molecule has 0 saturated carbocycles. The number of aliphatic hydroxyl groups is 1. The zero-order valence-corrected chi connectivity index (χ0v) is 18.5. The lowest BCUT2D eigenvalue weighted by Gasteiger charge is -2.23. The van der Waals surface area contributed by atoms with Gasteiger partial charge in [0.15, 0.2) is 0 Å². The van der Waals surface area contributed by atoms with E-state index in [-0.39, 0.29) is 5.82 Å². The first-order valence-electron chi connectivity index (χ1n) is 10.5. The minimum absolute atomic E-state index is 0.274. The molecule has 2 aromatic carbocycles. The van der Waals surface area contributed by atoms with Crippen LogP contribution in [-0.2, 0) is 17.7 Å². The van der Waals surface area contributed by atoms with E-state index in [9.17, 15) is 14.3 Å². The summed E-state index contributed by atoms with van der Waals surface area (Å²) >= 11 is 0. The summed E-state index contributed by atoms with van der Waals surface area (Å²) in [4.78, 5) is 12.3. The number of alkyl carbamates (subject to hydrolysis) is 1. The van der Waals surface area contributed by atoms with Crippen molar-refractivity contribution in [3.05, 3.63) is 70.5 Å². The number of ether oxygens (including phenoxy) is 1. The third-order valence-corrected chi connectivity index (χ3v) is 5.27. The molecule has 1 amide bonds. The van der Waals surface area contributed by atoms with E-state index in [0.29, 0.717) is 25.3 Å². The van der Waals surface area contributed by atoms with Crippen molar-refractivity contribution in [1.82, 2.24) is 5.32 Å². The number of amides is 1. The van der Waals surface area contributed by atoms with Crippen molar-refractivity contribution in [2.24, 2.45) is 5.73 Å². The summed E-state index contributed by atoms with van der Waals surface area (Å²) in [7, 11) is 0. The molecule has 0 saturated heterocycles. The second-order valence-corrected chi connectivity index (χ2v) is 8.83. The third-order valence-electron chi connectivity index (χ3n) is 5.27. The van der Waals surface area contributed by atoms with Crippen LogP contribution in [0.2, 0.25) is 0 Å². The Labute approximate surface area is 182 Å². The van der Waals surface area contributed by atoms with E-state index >= 15 is 0 Å². The number of hydrogen-bond acceptors (Lipinski definition) is 3. The first kappa shape index (κ1) is 22.7. The van der Waals surface area contributed by atoms with E-state index in [1.54, 1.807) is 32.9 Å². The van der Waals surface area contributed by atoms with Crippen molar-refractivity contribution < 1.29 is 23.6 Å². The van der Waals surface area contributed by atoms with Crippen LogP contribution in [0.15, 0.2) is 42.5 Å². The molecule has 166 valence electrons. The Hall–Kier alpha value is -2.93. The third kappa shape index (κ3) is 5.61.